The molecule has 1 aromatic heterocycles. The SMILES string of the molecule is COc1ccccc1-c1nnc(CN2c3ccccc3OCC2C)o1. The Labute approximate surface area is 146 Å². The molecule has 2 heterocycles. The summed E-state index contributed by atoms with van der Waals surface area (Å²) in [4.78, 5) is 2.22. The number of rotatable bonds is 4. The second-order valence-electron chi connectivity index (χ2n) is 5.96. The fourth-order valence-electron chi connectivity index (χ4n) is 2.99. The Balaban J connectivity index is 1.62. The number of anilines is 1. The van der Waals surface area contributed by atoms with Crippen molar-refractivity contribution in [1.82, 2.24) is 10.2 Å². The molecule has 128 valence electrons. The van der Waals surface area contributed by atoms with Gasteiger partial charge in [-0.2, -0.15) is 0 Å². The van der Waals surface area contributed by atoms with Crippen molar-refractivity contribution in [3.63, 3.8) is 0 Å². The summed E-state index contributed by atoms with van der Waals surface area (Å²) in [5.41, 5.74) is 1.83. The zero-order valence-corrected chi connectivity index (χ0v) is 14.2. The van der Waals surface area contributed by atoms with E-state index in [0.717, 1.165) is 17.0 Å². The standard InChI is InChI=1S/C19H19N3O3/c1-13-12-24-17-10-6-4-8-15(17)22(13)11-18-20-21-19(25-18)14-7-3-5-9-16(14)23-2/h3-10,13H,11-12H2,1-2H3. The average molecular weight is 337 g/mol. The number of hydrogen-bond acceptors (Lipinski definition) is 6. The summed E-state index contributed by atoms with van der Waals surface area (Å²) < 4.78 is 17.0. The van der Waals surface area contributed by atoms with Crippen molar-refractivity contribution >= 4 is 5.69 Å². The normalized spacial score (nSPS) is 16.2. The Morgan fingerprint density at radius 3 is 2.80 bits per heavy atom. The van der Waals surface area contributed by atoms with E-state index in [-0.39, 0.29) is 6.04 Å². The van der Waals surface area contributed by atoms with Crippen LogP contribution in [0.4, 0.5) is 5.69 Å². The molecule has 25 heavy (non-hydrogen) atoms. The number of benzene rings is 2. The summed E-state index contributed by atoms with van der Waals surface area (Å²) in [6.07, 6.45) is 0. The van der Waals surface area contributed by atoms with Crippen molar-refractivity contribution in [2.45, 2.75) is 19.5 Å². The van der Waals surface area contributed by atoms with E-state index >= 15 is 0 Å². The van der Waals surface area contributed by atoms with E-state index in [1.54, 1.807) is 7.11 Å². The molecule has 1 atom stereocenters. The highest BCUT2D eigenvalue weighted by atomic mass is 16.5. The molecule has 1 aliphatic heterocycles. The van der Waals surface area contributed by atoms with Crippen molar-refractivity contribution in [2.24, 2.45) is 0 Å². The number of ether oxygens (including phenoxy) is 2. The van der Waals surface area contributed by atoms with E-state index in [9.17, 15) is 0 Å². The summed E-state index contributed by atoms with van der Waals surface area (Å²) in [7, 11) is 1.63. The minimum absolute atomic E-state index is 0.219. The van der Waals surface area contributed by atoms with Crippen LogP contribution in [0.15, 0.2) is 52.9 Å². The van der Waals surface area contributed by atoms with Gasteiger partial charge in [0, 0.05) is 0 Å². The van der Waals surface area contributed by atoms with Gasteiger partial charge in [-0.25, -0.2) is 0 Å². The molecule has 0 radical (unpaired) electrons. The third kappa shape index (κ3) is 2.91. The second-order valence-corrected chi connectivity index (χ2v) is 5.96. The Morgan fingerprint density at radius 2 is 1.92 bits per heavy atom. The molecule has 0 saturated heterocycles. The minimum Gasteiger partial charge on any atom is -0.496 e. The summed E-state index contributed by atoms with van der Waals surface area (Å²) in [6, 6.07) is 15.8. The lowest BCUT2D eigenvalue weighted by atomic mass is 10.1. The largest absolute Gasteiger partial charge is 0.496 e. The molecule has 0 bridgehead atoms. The molecule has 3 aromatic rings. The molecule has 0 N–H and O–H groups in total. The van der Waals surface area contributed by atoms with Crippen LogP contribution in [-0.2, 0) is 6.54 Å². The molecule has 0 spiro atoms. The summed E-state index contributed by atoms with van der Waals surface area (Å²) >= 11 is 0. The number of para-hydroxylation sites is 3. The zero-order chi connectivity index (χ0) is 17.2. The predicted molar refractivity (Wildman–Crippen MR) is 93.9 cm³/mol. The highest BCUT2D eigenvalue weighted by Crippen LogP contribution is 2.35. The van der Waals surface area contributed by atoms with Crippen LogP contribution in [0.5, 0.6) is 11.5 Å². The maximum atomic E-state index is 5.89. The smallest absolute Gasteiger partial charge is 0.251 e. The van der Waals surface area contributed by atoms with E-state index in [2.05, 4.69) is 22.0 Å². The van der Waals surface area contributed by atoms with Crippen LogP contribution in [0.25, 0.3) is 11.5 Å². The molecule has 6 nitrogen and oxygen atoms in total. The Morgan fingerprint density at radius 1 is 1.12 bits per heavy atom. The molecule has 0 fully saturated rings. The summed E-state index contributed by atoms with van der Waals surface area (Å²) in [5, 5.41) is 8.40. The fraction of sp³-hybridized carbons (Fsp3) is 0.263. The van der Waals surface area contributed by atoms with Gasteiger partial charge in [0.05, 0.1) is 30.9 Å². The van der Waals surface area contributed by atoms with E-state index in [1.807, 2.05) is 48.5 Å². The topological polar surface area (TPSA) is 60.6 Å². The van der Waals surface area contributed by atoms with Gasteiger partial charge in [-0.15, -0.1) is 10.2 Å². The lowest BCUT2D eigenvalue weighted by molar-refractivity contribution is 0.266. The maximum absolute atomic E-state index is 5.89. The predicted octanol–water partition coefficient (Wildman–Crippen LogP) is 3.53. The first-order valence-electron chi connectivity index (χ1n) is 8.20. The van der Waals surface area contributed by atoms with Crippen molar-refractivity contribution in [3.05, 3.63) is 54.4 Å². The summed E-state index contributed by atoms with van der Waals surface area (Å²) in [6.45, 7) is 3.28. The first kappa shape index (κ1) is 15.5. The van der Waals surface area contributed by atoms with Crippen molar-refractivity contribution in [2.75, 3.05) is 18.6 Å². The van der Waals surface area contributed by atoms with Crippen LogP contribution >= 0.6 is 0 Å². The second kappa shape index (κ2) is 6.47. The van der Waals surface area contributed by atoms with Crippen molar-refractivity contribution in [3.8, 4) is 23.0 Å². The highest BCUT2D eigenvalue weighted by molar-refractivity contribution is 5.62. The molecular formula is C19H19N3O3. The maximum Gasteiger partial charge on any atom is 0.251 e. The minimum atomic E-state index is 0.219. The van der Waals surface area contributed by atoms with Crippen LogP contribution in [-0.4, -0.2) is 30.0 Å². The Kier molecular flexibility index (Phi) is 4.01. The van der Waals surface area contributed by atoms with Gasteiger partial charge < -0.3 is 18.8 Å². The van der Waals surface area contributed by atoms with Gasteiger partial charge in [-0.05, 0) is 31.2 Å². The molecule has 0 aliphatic carbocycles. The van der Waals surface area contributed by atoms with Gasteiger partial charge in [0.1, 0.15) is 18.1 Å². The molecular weight excluding hydrogens is 318 g/mol. The van der Waals surface area contributed by atoms with Crippen LogP contribution in [0, 0.1) is 0 Å². The molecule has 4 rings (SSSR count). The van der Waals surface area contributed by atoms with Gasteiger partial charge in [-0.3, -0.25) is 0 Å². The summed E-state index contributed by atoms with van der Waals surface area (Å²) in [5.74, 6) is 2.61. The molecule has 1 aliphatic rings. The van der Waals surface area contributed by atoms with Gasteiger partial charge in [0.25, 0.3) is 5.89 Å². The van der Waals surface area contributed by atoms with E-state index in [1.165, 1.54) is 0 Å². The van der Waals surface area contributed by atoms with Gasteiger partial charge in [-0.1, -0.05) is 24.3 Å². The van der Waals surface area contributed by atoms with E-state index in [4.69, 9.17) is 13.9 Å². The van der Waals surface area contributed by atoms with E-state index in [0.29, 0.717) is 30.7 Å². The molecule has 6 heteroatoms. The zero-order valence-electron chi connectivity index (χ0n) is 14.2. The van der Waals surface area contributed by atoms with Crippen LogP contribution in [0.1, 0.15) is 12.8 Å². The third-order valence-corrected chi connectivity index (χ3v) is 4.30. The Hall–Kier alpha value is -3.02. The number of fused-ring (bicyclic) bond motifs is 1. The number of methoxy groups -OCH3 is 1. The third-order valence-electron chi connectivity index (χ3n) is 4.30. The highest BCUT2D eigenvalue weighted by Gasteiger charge is 2.26. The van der Waals surface area contributed by atoms with Gasteiger partial charge in [0.2, 0.25) is 5.89 Å². The van der Waals surface area contributed by atoms with Gasteiger partial charge in [0.15, 0.2) is 0 Å². The first-order valence-corrected chi connectivity index (χ1v) is 8.20. The number of hydrogen-bond donors (Lipinski definition) is 0. The molecule has 2 aromatic carbocycles. The van der Waals surface area contributed by atoms with Crippen LogP contribution < -0.4 is 14.4 Å². The molecule has 0 amide bonds. The lowest BCUT2D eigenvalue weighted by Gasteiger charge is -2.35. The van der Waals surface area contributed by atoms with Crippen LogP contribution in [0.3, 0.4) is 0 Å². The molecule has 1 unspecified atom stereocenters. The Bertz CT molecular complexity index is 878. The molecule has 0 saturated carbocycles. The lowest BCUT2D eigenvalue weighted by Crippen LogP contribution is -2.40. The average Bonchev–Trinajstić information content (AvgIpc) is 3.12. The first-order chi connectivity index (χ1) is 12.3. The quantitative estimate of drug-likeness (QED) is 0.726. The van der Waals surface area contributed by atoms with Crippen molar-refractivity contribution < 1.29 is 13.9 Å². The number of aromatic nitrogens is 2. The van der Waals surface area contributed by atoms with Crippen LogP contribution in [0.2, 0.25) is 0 Å². The van der Waals surface area contributed by atoms with Gasteiger partial charge >= 0.3 is 0 Å². The van der Waals surface area contributed by atoms with E-state index < -0.39 is 0 Å². The fourth-order valence-corrected chi connectivity index (χ4v) is 2.99. The number of nitrogens with zero attached hydrogens (tertiary/aromatic N) is 3. The van der Waals surface area contributed by atoms with Crippen molar-refractivity contribution in [1.29, 1.82) is 0 Å². The monoisotopic (exact) mass is 337 g/mol.